The molecule has 0 radical (unpaired) electrons. The molecule has 3 aliphatic rings. The lowest BCUT2D eigenvalue weighted by molar-refractivity contribution is 0.0949. The van der Waals surface area contributed by atoms with Gasteiger partial charge >= 0.3 is 0 Å². The summed E-state index contributed by atoms with van der Waals surface area (Å²) in [7, 11) is 0. The fourth-order valence-electron chi connectivity index (χ4n) is 5.76. The SMILES string of the molecule is Cc1cc2cc(C(=O)NCC(c3cc4c(c(-c5ccc(F)cc5)n3)OCC4(CF)CF)C3CC3)cc(OC3CC3)c2nn1. The van der Waals surface area contributed by atoms with Gasteiger partial charge in [-0.15, -0.1) is 5.10 Å². The van der Waals surface area contributed by atoms with Gasteiger partial charge in [0.05, 0.1) is 17.2 Å². The fraction of sp³-hybridized carbons (Fsp3) is 0.394. The van der Waals surface area contributed by atoms with E-state index in [-0.39, 0.29) is 37.0 Å². The minimum atomic E-state index is -1.43. The van der Waals surface area contributed by atoms with E-state index in [0.29, 0.717) is 45.1 Å². The molecular formula is C33H31F3N4O3. The van der Waals surface area contributed by atoms with Gasteiger partial charge in [0, 0.05) is 40.2 Å². The maximum Gasteiger partial charge on any atom is 0.251 e. The van der Waals surface area contributed by atoms with Crippen molar-refractivity contribution in [2.75, 3.05) is 26.5 Å². The first-order chi connectivity index (χ1) is 20.9. The highest BCUT2D eigenvalue weighted by Gasteiger charge is 2.45. The number of pyridine rings is 1. The molecule has 0 bridgehead atoms. The van der Waals surface area contributed by atoms with E-state index in [9.17, 15) is 18.0 Å². The molecule has 1 N–H and O–H groups in total. The Bertz CT molecular complexity index is 1700. The van der Waals surface area contributed by atoms with E-state index < -0.39 is 24.6 Å². The number of hydrogen-bond acceptors (Lipinski definition) is 6. The van der Waals surface area contributed by atoms with Crippen molar-refractivity contribution >= 4 is 16.8 Å². The molecule has 7 nitrogen and oxygen atoms in total. The zero-order valence-corrected chi connectivity index (χ0v) is 23.7. The number of carbonyl (C=O) groups is 1. The number of alkyl halides is 2. The average molecular weight is 589 g/mol. The average Bonchev–Trinajstić information content (AvgIpc) is 3.96. The van der Waals surface area contributed by atoms with Crippen molar-refractivity contribution in [3.8, 4) is 22.8 Å². The minimum absolute atomic E-state index is 0.120. The molecule has 1 aliphatic heterocycles. The quantitative estimate of drug-likeness (QED) is 0.238. The number of rotatable bonds is 10. The lowest BCUT2D eigenvalue weighted by Crippen LogP contribution is -2.33. The van der Waals surface area contributed by atoms with E-state index in [4.69, 9.17) is 14.5 Å². The maximum absolute atomic E-state index is 14.4. The second-order valence-electron chi connectivity index (χ2n) is 12.0. The first kappa shape index (κ1) is 27.6. The third-order valence-corrected chi connectivity index (χ3v) is 8.60. The van der Waals surface area contributed by atoms with Gasteiger partial charge in [-0.05, 0) is 87.1 Å². The van der Waals surface area contributed by atoms with Crippen LogP contribution in [0.5, 0.6) is 11.5 Å². The van der Waals surface area contributed by atoms with Gasteiger partial charge in [-0.2, -0.15) is 5.10 Å². The number of hydrogen-bond donors (Lipinski definition) is 1. The number of halogens is 3. The second-order valence-corrected chi connectivity index (χ2v) is 12.0. The fourth-order valence-corrected chi connectivity index (χ4v) is 5.76. The lowest BCUT2D eigenvalue weighted by atomic mass is 9.83. The van der Waals surface area contributed by atoms with Gasteiger partial charge in [-0.3, -0.25) is 4.79 Å². The molecule has 10 heteroatoms. The molecule has 1 atom stereocenters. The van der Waals surface area contributed by atoms with Gasteiger partial charge in [0.15, 0.2) is 0 Å². The summed E-state index contributed by atoms with van der Waals surface area (Å²) in [5.74, 6) is 0.244. The van der Waals surface area contributed by atoms with Gasteiger partial charge in [-0.1, -0.05) is 0 Å². The van der Waals surface area contributed by atoms with Gasteiger partial charge in [0.1, 0.15) is 48.5 Å². The van der Waals surface area contributed by atoms with Crippen molar-refractivity contribution in [2.24, 2.45) is 5.92 Å². The van der Waals surface area contributed by atoms with Crippen LogP contribution in [0.25, 0.3) is 22.2 Å². The Kier molecular flexibility index (Phi) is 6.94. The highest BCUT2D eigenvalue weighted by atomic mass is 19.1. The molecule has 0 saturated heterocycles. The van der Waals surface area contributed by atoms with E-state index in [1.54, 1.807) is 30.3 Å². The Labute approximate surface area is 246 Å². The molecule has 3 heterocycles. The zero-order valence-electron chi connectivity index (χ0n) is 23.7. The number of carbonyl (C=O) groups excluding carboxylic acids is 1. The molecule has 1 amide bonds. The predicted molar refractivity (Wildman–Crippen MR) is 154 cm³/mol. The van der Waals surface area contributed by atoms with Crippen LogP contribution in [-0.4, -0.2) is 53.7 Å². The first-order valence-electron chi connectivity index (χ1n) is 14.7. The van der Waals surface area contributed by atoms with Crippen LogP contribution in [0, 0.1) is 18.7 Å². The Morgan fingerprint density at radius 2 is 1.84 bits per heavy atom. The number of fused-ring (bicyclic) bond motifs is 2. The molecule has 1 unspecified atom stereocenters. The monoisotopic (exact) mass is 588 g/mol. The largest absolute Gasteiger partial charge is 0.490 e. The van der Waals surface area contributed by atoms with Gasteiger partial charge in [0.2, 0.25) is 0 Å². The van der Waals surface area contributed by atoms with Crippen LogP contribution in [-0.2, 0) is 5.41 Å². The predicted octanol–water partition coefficient (Wildman–Crippen LogP) is 6.17. The van der Waals surface area contributed by atoms with Crippen LogP contribution in [0.15, 0.2) is 48.5 Å². The summed E-state index contributed by atoms with van der Waals surface area (Å²) in [6.45, 7) is 0.129. The zero-order chi connectivity index (χ0) is 29.7. The van der Waals surface area contributed by atoms with E-state index in [2.05, 4.69) is 15.5 Å². The minimum Gasteiger partial charge on any atom is -0.490 e. The molecule has 2 aliphatic carbocycles. The van der Waals surface area contributed by atoms with Crippen LogP contribution in [0.1, 0.15) is 58.9 Å². The normalized spacial score (nSPS) is 17.8. The highest BCUT2D eigenvalue weighted by Crippen LogP contribution is 2.48. The summed E-state index contributed by atoms with van der Waals surface area (Å²) in [6, 6.07) is 12.9. The van der Waals surface area contributed by atoms with Crippen LogP contribution >= 0.6 is 0 Å². The molecule has 2 fully saturated rings. The third kappa shape index (κ3) is 5.28. The number of nitrogens with one attached hydrogen (secondary N) is 1. The molecular weight excluding hydrogens is 557 g/mol. The molecule has 7 rings (SSSR count). The summed E-state index contributed by atoms with van der Waals surface area (Å²) >= 11 is 0. The number of ether oxygens (including phenoxy) is 2. The van der Waals surface area contributed by atoms with Crippen LogP contribution in [0.4, 0.5) is 13.2 Å². The number of aryl methyl sites for hydroxylation is 1. The Balaban J connectivity index is 1.22. The van der Waals surface area contributed by atoms with Crippen molar-refractivity contribution in [1.82, 2.24) is 20.5 Å². The number of nitrogens with zero attached hydrogens (tertiary/aromatic N) is 3. The molecule has 4 aromatic rings. The Morgan fingerprint density at radius 3 is 2.53 bits per heavy atom. The summed E-state index contributed by atoms with van der Waals surface area (Å²) in [6.07, 6.45) is 3.95. The molecule has 43 heavy (non-hydrogen) atoms. The summed E-state index contributed by atoms with van der Waals surface area (Å²) in [4.78, 5) is 18.4. The van der Waals surface area contributed by atoms with Crippen molar-refractivity contribution in [2.45, 2.75) is 50.0 Å². The number of benzene rings is 2. The maximum atomic E-state index is 14.4. The third-order valence-electron chi connectivity index (χ3n) is 8.60. The van der Waals surface area contributed by atoms with Crippen molar-refractivity contribution < 1.29 is 27.4 Å². The molecule has 222 valence electrons. The van der Waals surface area contributed by atoms with Gasteiger partial charge in [-0.25, -0.2) is 18.2 Å². The van der Waals surface area contributed by atoms with E-state index in [1.165, 1.54) is 12.1 Å². The molecule has 2 saturated carbocycles. The topological polar surface area (TPSA) is 86.2 Å². The Morgan fingerprint density at radius 1 is 1.07 bits per heavy atom. The summed E-state index contributed by atoms with van der Waals surface area (Å²) in [5, 5.41) is 12.3. The van der Waals surface area contributed by atoms with Crippen molar-refractivity contribution in [3.05, 3.63) is 76.9 Å². The summed E-state index contributed by atoms with van der Waals surface area (Å²) < 4.78 is 54.3. The first-order valence-corrected chi connectivity index (χ1v) is 14.7. The molecule has 2 aromatic carbocycles. The number of amides is 1. The standard InChI is InChI=1S/C33H31F3N4O3/c1-18-10-21-11-22(12-28(29(21)40-39-18)43-24-8-9-24)32(41)37-14-25(19-2-3-19)27-13-26-31(42-17-33(26,15-34)16-35)30(38-27)20-4-6-23(36)7-5-20/h4-7,10-13,19,24-25H,2-3,8-9,14-17H2,1H3,(H,37,41). The van der Waals surface area contributed by atoms with E-state index in [1.807, 2.05) is 13.0 Å². The van der Waals surface area contributed by atoms with Crippen molar-refractivity contribution in [1.29, 1.82) is 0 Å². The second kappa shape index (κ2) is 10.8. The van der Waals surface area contributed by atoms with Gasteiger partial charge < -0.3 is 14.8 Å². The van der Waals surface area contributed by atoms with Crippen LogP contribution in [0.2, 0.25) is 0 Å². The summed E-state index contributed by atoms with van der Waals surface area (Å²) in [5.41, 5.74) is 2.42. The highest BCUT2D eigenvalue weighted by molar-refractivity contribution is 5.99. The van der Waals surface area contributed by atoms with Crippen LogP contribution < -0.4 is 14.8 Å². The smallest absolute Gasteiger partial charge is 0.251 e. The van der Waals surface area contributed by atoms with Gasteiger partial charge in [0.25, 0.3) is 5.91 Å². The number of aromatic nitrogens is 3. The van der Waals surface area contributed by atoms with E-state index in [0.717, 1.165) is 36.8 Å². The Hall–Kier alpha value is -4.21. The van der Waals surface area contributed by atoms with E-state index >= 15 is 0 Å². The molecule has 2 aromatic heterocycles. The van der Waals surface area contributed by atoms with Crippen molar-refractivity contribution in [3.63, 3.8) is 0 Å². The van der Waals surface area contributed by atoms with Crippen LogP contribution in [0.3, 0.4) is 0 Å². The lowest BCUT2D eigenvalue weighted by Gasteiger charge is -2.23. The molecule has 0 spiro atoms.